The zero-order chi connectivity index (χ0) is 23.3. The predicted octanol–water partition coefficient (Wildman–Crippen LogP) is 9.51. The molecule has 5 aromatic rings. The Hall–Kier alpha value is -2.47. The second-order valence-electron chi connectivity index (χ2n) is 8.01. The summed E-state index contributed by atoms with van der Waals surface area (Å²) < 4.78 is 1.28. The minimum Gasteiger partial charge on any atom is -0.0901 e. The summed E-state index contributed by atoms with van der Waals surface area (Å²) >= 11 is 4.23. The fourth-order valence-corrected chi connectivity index (χ4v) is 7.41. The first kappa shape index (κ1) is 23.3. The van der Waals surface area contributed by atoms with Crippen molar-refractivity contribution < 1.29 is 0 Å². The normalized spacial score (nSPS) is 11.0. The van der Waals surface area contributed by atoms with E-state index in [2.05, 4.69) is 157 Å². The molecular weight excluding hydrogens is 563 g/mol. The Morgan fingerprint density at radius 2 is 1.06 bits per heavy atom. The van der Waals surface area contributed by atoms with Crippen LogP contribution in [0.5, 0.6) is 0 Å². The number of hydrogen-bond acceptors (Lipinski definition) is 1. The molecule has 0 saturated heterocycles. The second-order valence-corrected chi connectivity index (χ2v) is 12.3. The van der Waals surface area contributed by atoms with E-state index >= 15 is 0 Å². The molecule has 0 spiro atoms. The fraction of sp³-hybridized carbons (Fsp3) is 0.0323. The van der Waals surface area contributed by atoms with Crippen LogP contribution < -0.4 is 0 Å². The molecule has 0 aliphatic rings. The maximum atomic E-state index is 2.42. The van der Waals surface area contributed by atoms with E-state index < -0.39 is 0 Å². The Kier molecular flexibility index (Phi) is 7.43. The molecule has 34 heavy (non-hydrogen) atoms. The lowest BCUT2D eigenvalue weighted by atomic mass is 10.0. The van der Waals surface area contributed by atoms with Crippen molar-refractivity contribution in [2.45, 2.75) is 31.4 Å². The van der Waals surface area contributed by atoms with Gasteiger partial charge in [0.2, 0.25) is 0 Å². The van der Waals surface area contributed by atoms with Crippen LogP contribution in [-0.2, 0) is 10.9 Å². The first-order chi connectivity index (χ1) is 16.7. The third-order valence-electron chi connectivity index (χ3n) is 5.54. The van der Waals surface area contributed by atoms with Gasteiger partial charge in [0.1, 0.15) is 0 Å². The third kappa shape index (κ3) is 5.43. The van der Waals surface area contributed by atoms with Crippen LogP contribution in [0, 0.1) is 10.5 Å². The average molecular weight is 588 g/mol. The summed E-state index contributed by atoms with van der Waals surface area (Å²) in [5, 5.41) is 0. The molecule has 0 aliphatic heterocycles. The van der Waals surface area contributed by atoms with Crippen molar-refractivity contribution in [3.8, 4) is 11.1 Å². The SMILES string of the molecule is Cc1ccc(I)c(-c2ccc(Sc3ccc([S+](c4ccccc4)c4ccccc4)cc3)cc2)c1. The summed E-state index contributed by atoms with van der Waals surface area (Å²) in [4.78, 5) is 6.53. The summed E-state index contributed by atoms with van der Waals surface area (Å²) in [5.41, 5.74) is 3.86. The van der Waals surface area contributed by atoms with Crippen LogP contribution in [0.3, 0.4) is 0 Å². The van der Waals surface area contributed by atoms with E-state index in [1.165, 1.54) is 44.7 Å². The maximum absolute atomic E-state index is 2.42. The summed E-state index contributed by atoms with van der Waals surface area (Å²) in [5.74, 6) is 0. The Bertz CT molecular complexity index is 1320. The largest absolute Gasteiger partial charge is 0.166 e. The van der Waals surface area contributed by atoms with Gasteiger partial charge in [-0.05, 0) is 107 Å². The van der Waals surface area contributed by atoms with Crippen LogP contribution in [0.4, 0.5) is 0 Å². The Morgan fingerprint density at radius 1 is 0.559 bits per heavy atom. The molecule has 0 bridgehead atoms. The van der Waals surface area contributed by atoms with Gasteiger partial charge in [-0.3, -0.25) is 0 Å². The highest BCUT2D eigenvalue weighted by molar-refractivity contribution is 14.1. The number of aryl methyl sites for hydroxylation is 1. The van der Waals surface area contributed by atoms with Gasteiger partial charge in [-0.15, -0.1) is 0 Å². The van der Waals surface area contributed by atoms with Crippen molar-refractivity contribution in [2.24, 2.45) is 0 Å². The van der Waals surface area contributed by atoms with Crippen LogP contribution in [0.15, 0.2) is 152 Å². The molecular formula is C31H24IS2+. The van der Waals surface area contributed by atoms with Gasteiger partial charge in [-0.2, -0.15) is 0 Å². The molecule has 0 aromatic heterocycles. The summed E-state index contributed by atoms with van der Waals surface area (Å²) in [6, 6.07) is 46.2. The van der Waals surface area contributed by atoms with E-state index in [1.807, 2.05) is 11.8 Å². The van der Waals surface area contributed by atoms with Crippen molar-refractivity contribution >= 4 is 45.2 Å². The van der Waals surface area contributed by atoms with Gasteiger partial charge in [-0.25, -0.2) is 0 Å². The number of benzene rings is 5. The highest BCUT2D eigenvalue weighted by Gasteiger charge is 2.28. The van der Waals surface area contributed by atoms with Gasteiger partial charge >= 0.3 is 0 Å². The number of hydrogen-bond donors (Lipinski definition) is 0. The van der Waals surface area contributed by atoms with Crippen molar-refractivity contribution in [3.05, 3.63) is 137 Å². The van der Waals surface area contributed by atoms with Gasteiger partial charge < -0.3 is 0 Å². The number of rotatable bonds is 6. The first-order valence-corrected chi connectivity index (χ1v) is 14.3. The Morgan fingerprint density at radius 3 is 1.62 bits per heavy atom. The first-order valence-electron chi connectivity index (χ1n) is 11.2. The smallest absolute Gasteiger partial charge is 0.0901 e. The lowest BCUT2D eigenvalue weighted by molar-refractivity contribution is 1.28. The molecule has 0 heterocycles. The van der Waals surface area contributed by atoms with Crippen molar-refractivity contribution in [1.29, 1.82) is 0 Å². The van der Waals surface area contributed by atoms with E-state index in [0.29, 0.717) is 0 Å². The molecule has 0 amide bonds. The van der Waals surface area contributed by atoms with Crippen LogP contribution in [0.1, 0.15) is 5.56 Å². The van der Waals surface area contributed by atoms with Crippen LogP contribution in [0.25, 0.3) is 11.1 Å². The molecule has 0 radical (unpaired) electrons. The van der Waals surface area contributed by atoms with Gasteiger partial charge in [0, 0.05) is 13.4 Å². The maximum Gasteiger partial charge on any atom is 0.166 e. The minimum absolute atomic E-state index is 0.108. The zero-order valence-electron chi connectivity index (χ0n) is 18.8. The monoisotopic (exact) mass is 587 g/mol. The van der Waals surface area contributed by atoms with Crippen molar-refractivity contribution in [1.82, 2.24) is 0 Å². The van der Waals surface area contributed by atoms with E-state index in [9.17, 15) is 0 Å². The fourth-order valence-electron chi connectivity index (χ4n) is 3.86. The summed E-state index contributed by atoms with van der Waals surface area (Å²) in [6.45, 7) is 2.15. The van der Waals surface area contributed by atoms with Gasteiger partial charge in [0.05, 0.1) is 10.9 Å². The summed E-state index contributed by atoms with van der Waals surface area (Å²) in [7, 11) is -0.108. The molecule has 0 atom stereocenters. The van der Waals surface area contributed by atoms with Crippen LogP contribution in [0.2, 0.25) is 0 Å². The molecule has 166 valence electrons. The summed E-state index contributed by atoms with van der Waals surface area (Å²) in [6.07, 6.45) is 0. The predicted molar refractivity (Wildman–Crippen MR) is 155 cm³/mol. The lowest BCUT2D eigenvalue weighted by Crippen LogP contribution is -2.04. The molecule has 0 saturated carbocycles. The van der Waals surface area contributed by atoms with Crippen molar-refractivity contribution in [2.75, 3.05) is 0 Å². The van der Waals surface area contributed by atoms with E-state index in [-0.39, 0.29) is 10.9 Å². The highest BCUT2D eigenvalue weighted by atomic mass is 127. The Balaban J connectivity index is 1.37. The van der Waals surface area contributed by atoms with E-state index in [1.54, 1.807) is 0 Å². The lowest BCUT2D eigenvalue weighted by Gasteiger charge is -2.09. The van der Waals surface area contributed by atoms with E-state index in [0.717, 1.165) is 0 Å². The topological polar surface area (TPSA) is 0 Å². The van der Waals surface area contributed by atoms with Crippen LogP contribution >= 0.6 is 34.4 Å². The average Bonchev–Trinajstić information content (AvgIpc) is 2.89. The van der Waals surface area contributed by atoms with Gasteiger partial charge in [0.25, 0.3) is 0 Å². The molecule has 0 fully saturated rings. The number of halogens is 1. The molecule has 0 aliphatic carbocycles. The van der Waals surface area contributed by atoms with Gasteiger partial charge in [0.15, 0.2) is 14.7 Å². The molecule has 5 rings (SSSR count). The quantitative estimate of drug-likeness (QED) is 0.141. The Labute approximate surface area is 223 Å². The molecule has 0 unspecified atom stereocenters. The van der Waals surface area contributed by atoms with Crippen molar-refractivity contribution in [3.63, 3.8) is 0 Å². The van der Waals surface area contributed by atoms with Gasteiger partial charge in [-0.1, -0.05) is 78.0 Å². The van der Waals surface area contributed by atoms with Crippen LogP contribution in [-0.4, -0.2) is 0 Å². The highest BCUT2D eigenvalue weighted by Crippen LogP contribution is 2.35. The molecule has 3 heteroatoms. The molecule has 0 nitrogen and oxygen atoms in total. The molecule has 5 aromatic carbocycles. The van der Waals surface area contributed by atoms with E-state index in [4.69, 9.17) is 0 Å². The third-order valence-corrected chi connectivity index (χ3v) is 9.73. The minimum atomic E-state index is -0.108. The zero-order valence-corrected chi connectivity index (χ0v) is 22.6. The molecule has 0 N–H and O–H groups in total. The second kappa shape index (κ2) is 10.9. The standard InChI is InChI=1S/C31H24IS2/c1-23-12-21-31(32)30(22-23)24-13-15-25(16-14-24)33-26-17-19-29(20-18-26)34(27-8-4-2-5-9-27)28-10-6-3-7-11-28/h2-22H,1H3/q+1.